The van der Waals surface area contributed by atoms with Gasteiger partial charge in [-0.1, -0.05) is 35.5 Å². The molecule has 0 saturated carbocycles. The van der Waals surface area contributed by atoms with Crippen LogP contribution in [0.2, 0.25) is 0 Å². The number of benzene rings is 3. The molecular weight excluding hydrogens is 530 g/mol. The van der Waals surface area contributed by atoms with Gasteiger partial charge in [0.1, 0.15) is 22.6 Å². The summed E-state index contributed by atoms with van der Waals surface area (Å²) in [6, 6.07) is 16.9. The number of hydrogen-bond acceptors (Lipinski definition) is 8. The lowest BCUT2D eigenvalue weighted by Gasteiger charge is -2.23. The Kier molecular flexibility index (Phi) is 8.35. The number of ether oxygens (including phenoxy) is 3. The van der Waals surface area contributed by atoms with Crippen molar-refractivity contribution in [2.24, 2.45) is 0 Å². The number of aromatic nitrogens is 1. The van der Waals surface area contributed by atoms with Crippen LogP contribution in [0.3, 0.4) is 0 Å². The van der Waals surface area contributed by atoms with Crippen molar-refractivity contribution in [2.75, 3.05) is 39.1 Å². The average Bonchev–Trinajstić information content (AvgIpc) is 3.34. The number of nitrogens with one attached hydrogen (secondary N) is 2. The second kappa shape index (κ2) is 11.5. The molecule has 3 aromatic carbocycles. The number of nitrogens with zero attached hydrogens (tertiary/aromatic N) is 1. The standard InChI is InChI=1S/C27H29N3O6S.ClH/c1-33-21-8-5-9-22(34-2)26(21)37(31,32)30-27-25-23(35-3)15-20(16-24(25)36-29-27)19-7-4-6-18(14-19)17-10-12-28-13-11-17;/h4-9,14-17,28H,10-13H2,1-3H3,(H,29,30);1H. The van der Waals surface area contributed by atoms with Crippen molar-refractivity contribution in [3.63, 3.8) is 0 Å². The second-order valence-electron chi connectivity index (χ2n) is 8.83. The van der Waals surface area contributed by atoms with E-state index in [1.165, 1.54) is 26.9 Å². The molecule has 9 nitrogen and oxygen atoms in total. The number of anilines is 1. The van der Waals surface area contributed by atoms with Crippen LogP contribution in [0.5, 0.6) is 17.2 Å². The van der Waals surface area contributed by atoms with Gasteiger partial charge in [0.15, 0.2) is 16.3 Å². The minimum absolute atomic E-state index is 0. The van der Waals surface area contributed by atoms with Gasteiger partial charge in [-0.05, 0) is 72.8 Å². The topological polar surface area (TPSA) is 112 Å². The number of halogens is 1. The van der Waals surface area contributed by atoms with E-state index in [2.05, 4.69) is 33.4 Å². The van der Waals surface area contributed by atoms with E-state index in [0.717, 1.165) is 37.1 Å². The molecule has 1 aromatic heterocycles. The molecule has 11 heteroatoms. The van der Waals surface area contributed by atoms with E-state index in [1.54, 1.807) is 18.2 Å². The third kappa shape index (κ3) is 5.24. The molecule has 0 bridgehead atoms. The molecule has 0 spiro atoms. The Bertz CT molecular complexity index is 1510. The van der Waals surface area contributed by atoms with E-state index in [0.29, 0.717) is 22.6 Å². The number of piperidine rings is 1. The first-order valence-electron chi connectivity index (χ1n) is 12.0. The summed E-state index contributed by atoms with van der Waals surface area (Å²) in [5.74, 6) is 1.25. The van der Waals surface area contributed by atoms with Crippen LogP contribution >= 0.6 is 12.4 Å². The normalized spacial score (nSPS) is 14.1. The lowest BCUT2D eigenvalue weighted by molar-refractivity contribution is 0.373. The van der Waals surface area contributed by atoms with Crippen LogP contribution in [-0.4, -0.2) is 48.0 Å². The average molecular weight is 560 g/mol. The Morgan fingerprint density at radius 3 is 2.21 bits per heavy atom. The summed E-state index contributed by atoms with van der Waals surface area (Å²) in [5.41, 5.74) is 3.60. The summed E-state index contributed by atoms with van der Waals surface area (Å²) in [6.07, 6.45) is 2.21. The first-order chi connectivity index (χ1) is 17.9. The van der Waals surface area contributed by atoms with Crippen molar-refractivity contribution in [3.05, 3.63) is 60.2 Å². The van der Waals surface area contributed by atoms with Crippen molar-refractivity contribution < 1.29 is 27.2 Å². The van der Waals surface area contributed by atoms with Gasteiger partial charge in [0.2, 0.25) is 0 Å². The van der Waals surface area contributed by atoms with E-state index in [9.17, 15) is 8.42 Å². The highest BCUT2D eigenvalue weighted by Crippen LogP contribution is 2.40. The molecule has 2 heterocycles. The molecule has 38 heavy (non-hydrogen) atoms. The zero-order valence-electron chi connectivity index (χ0n) is 21.3. The SMILES string of the molecule is COc1cccc(OC)c1S(=O)(=O)Nc1noc2cc(-c3cccc(C4CCNCC4)c3)cc(OC)c12.Cl. The van der Waals surface area contributed by atoms with Gasteiger partial charge >= 0.3 is 0 Å². The highest BCUT2D eigenvalue weighted by atomic mass is 35.5. The van der Waals surface area contributed by atoms with Crippen molar-refractivity contribution in [1.29, 1.82) is 0 Å². The van der Waals surface area contributed by atoms with Gasteiger partial charge < -0.3 is 24.1 Å². The lowest BCUT2D eigenvalue weighted by atomic mass is 9.88. The van der Waals surface area contributed by atoms with Gasteiger partial charge in [0, 0.05) is 0 Å². The fourth-order valence-corrected chi connectivity index (χ4v) is 6.15. The number of hydrogen-bond donors (Lipinski definition) is 2. The van der Waals surface area contributed by atoms with Crippen LogP contribution < -0.4 is 24.2 Å². The number of sulfonamides is 1. The minimum atomic E-state index is -4.15. The zero-order valence-corrected chi connectivity index (χ0v) is 22.9. The number of fused-ring (bicyclic) bond motifs is 1. The second-order valence-corrected chi connectivity index (χ2v) is 10.4. The molecule has 2 N–H and O–H groups in total. The van der Waals surface area contributed by atoms with E-state index in [4.69, 9.17) is 18.7 Å². The van der Waals surface area contributed by atoms with E-state index >= 15 is 0 Å². The van der Waals surface area contributed by atoms with E-state index in [-0.39, 0.29) is 34.6 Å². The summed E-state index contributed by atoms with van der Waals surface area (Å²) in [6.45, 7) is 2.04. The summed E-state index contributed by atoms with van der Waals surface area (Å²) in [7, 11) is 0.163. The maximum absolute atomic E-state index is 13.4. The van der Waals surface area contributed by atoms with E-state index < -0.39 is 10.0 Å². The molecule has 0 unspecified atom stereocenters. The van der Waals surface area contributed by atoms with Crippen LogP contribution in [0.15, 0.2) is 64.0 Å². The Hall–Kier alpha value is -3.47. The fourth-order valence-electron chi connectivity index (χ4n) is 4.82. The first kappa shape index (κ1) is 27.6. The maximum atomic E-state index is 13.4. The third-order valence-electron chi connectivity index (χ3n) is 6.67. The third-order valence-corrected chi connectivity index (χ3v) is 8.07. The monoisotopic (exact) mass is 559 g/mol. The number of rotatable bonds is 8. The Morgan fingerprint density at radius 1 is 0.895 bits per heavy atom. The predicted molar refractivity (Wildman–Crippen MR) is 148 cm³/mol. The van der Waals surface area contributed by atoms with Crippen LogP contribution in [0.1, 0.15) is 24.3 Å². The summed E-state index contributed by atoms with van der Waals surface area (Å²) < 4.78 is 51.0. The lowest BCUT2D eigenvalue weighted by Crippen LogP contribution is -2.26. The molecular formula is C27H30ClN3O6S. The quantitative estimate of drug-likeness (QED) is 0.302. The smallest absolute Gasteiger partial charge is 0.270 e. The van der Waals surface area contributed by atoms with Gasteiger partial charge in [0.05, 0.1) is 21.3 Å². The van der Waals surface area contributed by atoms with Crippen molar-refractivity contribution in [2.45, 2.75) is 23.7 Å². The highest BCUT2D eigenvalue weighted by molar-refractivity contribution is 7.93. The molecule has 5 rings (SSSR count). The van der Waals surface area contributed by atoms with Crippen LogP contribution in [0.4, 0.5) is 5.82 Å². The molecule has 4 aromatic rings. The molecule has 0 atom stereocenters. The summed E-state index contributed by atoms with van der Waals surface area (Å²) in [4.78, 5) is -0.138. The maximum Gasteiger partial charge on any atom is 0.270 e. The van der Waals surface area contributed by atoms with Crippen molar-refractivity contribution in [3.8, 4) is 28.4 Å². The molecule has 1 aliphatic heterocycles. The predicted octanol–water partition coefficient (Wildman–Crippen LogP) is 5.21. The molecule has 1 aliphatic rings. The summed E-state index contributed by atoms with van der Waals surface area (Å²) in [5, 5.41) is 7.84. The number of methoxy groups -OCH3 is 3. The zero-order chi connectivity index (χ0) is 26.0. The van der Waals surface area contributed by atoms with Crippen LogP contribution in [0, 0.1) is 0 Å². The highest BCUT2D eigenvalue weighted by Gasteiger charge is 2.28. The van der Waals surface area contributed by atoms with Gasteiger partial charge in [0.25, 0.3) is 10.0 Å². The van der Waals surface area contributed by atoms with Gasteiger partial charge in [-0.25, -0.2) is 8.42 Å². The minimum Gasteiger partial charge on any atom is -0.496 e. The van der Waals surface area contributed by atoms with Gasteiger partial charge in [-0.2, -0.15) is 0 Å². The summed E-state index contributed by atoms with van der Waals surface area (Å²) >= 11 is 0. The molecule has 0 aliphatic carbocycles. The molecule has 1 saturated heterocycles. The fraction of sp³-hybridized carbons (Fsp3) is 0.296. The van der Waals surface area contributed by atoms with E-state index in [1.807, 2.05) is 18.2 Å². The first-order valence-corrected chi connectivity index (χ1v) is 13.5. The molecule has 0 radical (unpaired) electrons. The van der Waals surface area contributed by atoms with Crippen LogP contribution in [0.25, 0.3) is 22.1 Å². The van der Waals surface area contributed by atoms with Crippen molar-refractivity contribution in [1.82, 2.24) is 10.5 Å². The Labute approximate surface area is 227 Å². The Balaban J connectivity index is 0.00000336. The molecule has 1 fully saturated rings. The largest absolute Gasteiger partial charge is 0.496 e. The van der Waals surface area contributed by atoms with Crippen molar-refractivity contribution >= 4 is 39.2 Å². The Morgan fingerprint density at radius 2 is 1.55 bits per heavy atom. The molecule has 202 valence electrons. The van der Waals surface area contributed by atoms with Gasteiger partial charge in [-0.3, -0.25) is 4.72 Å². The molecule has 0 amide bonds. The van der Waals surface area contributed by atoms with Gasteiger partial charge in [-0.15, -0.1) is 12.4 Å². The van der Waals surface area contributed by atoms with Crippen LogP contribution in [-0.2, 0) is 10.0 Å².